The fraction of sp³-hybridized carbons (Fsp3) is 0.556. The molecule has 0 aliphatic rings. The molecule has 0 spiro atoms. The third-order valence-corrected chi connectivity index (χ3v) is 1.70. The number of aliphatic hydroxyl groups excluding tert-OH is 1. The molecule has 0 saturated carbocycles. The summed E-state index contributed by atoms with van der Waals surface area (Å²) in [5, 5.41) is 8.59. The smallest absolute Gasteiger partial charge is 0.117 e. The van der Waals surface area contributed by atoms with Crippen molar-refractivity contribution in [2.75, 3.05) is 20.2 Å². The lowest BCUT2D eigenvalue weighted by Crippen LogP contribution is -2.19. The van der Waals surface area contributed by atoms with Crippen molar-refractivity contribution in [2.24, 2.45) is 0 Å². The maximum absolute atomic E-state index is 8.59. The van der Waals surface area contributed by atoms with E-state index in [9.17, 15) is 0 Å². The number of hydrogen-bond acceptors (Lipinski definition) is 3. The maximum atomic E-state index is 8.59. The van der Waals surface area contributed by atoms with Crippen LogP contribution >= 0.6 is 0 Å². The minimum Gasteiger partial charge on any atom is -0.468 e. The molecule has 0 unspecified atom stereocenters. The summed E-state index contributed by atoms with van der Waals surface area (Å²) in [6.07, 6.45) is 2.49. The van der Waals surface area contributed by atoms with Crippen LogP contribution in [-0.2, 0) is 6.54 Å². The Morgan fingerprint density at radius 2 is 2.42 bits per heavy atom. The van der Waals surface area contributed by atoms with Crippen LogP contribution < -0.4 is 0 Å². The second kappa shape index (κ2) is 4.95. The average Bonchev–Trinajstić information content (AvgIpc) is 2.53. The molecule has 0 saturated heterocycles. The molecule has 0 fully saturated rings. The number of furan rings is 1. The van der Waals surface area contributed by atoms with E-state index in [2.05, 4.69) is 4.90 Å². The van der Waals surface area contributed by atoms with Gasteiger partial charge in [0.2, 0.25) is 0 Å². The summed E-state index contributed by atoms with van der Waals surface area (Å²) in [5.74, 6) is 0.968. The van der Waals surface area contributed by atoms with Crippen LogP contribution in [0.15, 0.2) is 22.8 Å². The van der Waals surface area contributed by atoms with E-state index < -0.39 is 0 Å². The molecule has 1 heterocycles. The summed E-state index contributed by atoms with van der Waals surface area (Å²) >= 11 is 0. The number of aliphatic hydroxyl groups is 1. The predicted molar refractivity (Wildman–Crippen MR) is 46.7 cm³/mol. The van der Waals surface area contributed by atoms with E-state index in [4.69, 9.17) is 9.52 Å². The number of rotatable bonds is 5. The summed E-state index contributed by atoms with van der Waals surface area (Å²) in [6.45, 7) is 1.96. The van der Waals surface area contributed by atoms with Crippen LogP contribution in [-0.4, -0.2) is 30.2 Å². The van der Waals surface area contributed by atoms with Gasteiger partial charge in [0.15, 0.2) is 0 Å². The van der Waals surface area contributed by atoms with E-state index in [-0.39, 0.29) is 6.61 Å². The van der Waals surface area contributed by atoms with Gasteiger partial charge in [0.05, 0.1) is 12.8 Å². The van der Waals surface area contributed by atoms with Crippen molar-refractivity contribution in [1.82, 2.24) is 4.90 Å². The molecule has 0 atom stereocenters. The first-order valence-corrected chi connectivity index (χ1v) is 4.14. The topological polar surface area (TPSA) is 36.6 Å². The Kier molecular flexibility index (Phi) is 3.84. The Morgan fingerprint density at radius 3 is 3.00 bits per heavy atom. The molecule has 12 heavy (non-hydrogen) atoms. The van der Waals surface area contributed by atoms with Crippen molar-refractivity contribution in [1.29, 1.82) is 0 Å². The molecule has 3 heteroatoms. The molecule has 0 radical (unpaired) electrons. The lowest BCUT2D eigenvalue weighted by Gasteiger charge is -2.13. The van der Waals surface area contributed by atoms with E-state index in [1.807, 2.05) is 19.2 Å². The molecule has 0 aliphatic heterocycles. The zero-order valence-electron chi connectivity index (χ0n) is 7.36. The van der Waals surface area contributed by atoms with Gasteiger partial charge in [0, 0.05) is 13.2 Å². The molecule has 1 aromatic heterocycles. The largest absolute Gasteiger partial charge is 0.468 e. The fourth-order valence-corrected chi connectivity index (χ4v) is 1.09. The molecule has 1 rings (SSSR count). The van der Waals surface area contributed by atoms with Gasteiger partial charge in [0.25, 0.3) is 0 Å². The monoisotopic (exact) mass is 169 g/mol. The van der Waals surface area contributed by atoms with Crippen molar-refractivity contribution in [3.63, 3.8) is 0 Å². The molecule has 3 nitrogen and oxygen atoms in total. The molecule has 68 valence electrons. The second-order valence-corrected chi connectivity index (χ2v) is 2.89. The van der Waals surface area contributed by atoms with Crippen LogP contribution in [0.4, 0.5) is 0 Å². The van der Waals surface area contributed by atoms with Crippen LogP contribution in [0.25, 0.3) is 0 Å². The zero-order chi connectivity index (χ0) is 8.81. The molecule has 0 aromatic carbocycles. The van der Waals surface area contributed by atoms with Crippen LogP contribution in [0.2, 0.25) is 0 Å². The first-order valence-electron chi connectivity index (χ1n) is 4.14. The van der Waals surface area contributed by atoms with E-state index >= 15 is 0 Å². The number of hydrogen-bond donors (Lipinski definition) is 1. The fourth-order valence-electron chi connectivity index (χ4n) is 1.09. The van der Waals surface area contributed by atoms with Crippen molar-refractivity contribution < 1.29 is 9.52 Å². The highest BCUT2D eigenvalue weighted by Crippen LogP contribution is 2.03. The zero-order valence-corrected chi connectivity index (χ0v) is 7.36. The molecule has 1 aromatic rings. The molecule has 1 N–H and O–H groups in total. The van der Waals surface area contributed by atoms with Gasteiger partial charge in [-0.25, -0.2) is 0 Å². The first-order chi connectivity index (χ1) is 5.83. The highest BCUT2D eigenvalue weighted by Gasteiger charge is 2.00. The van der Waals surface area contributed by atoms with Crippen molar-refractivity contribution in [3.8, 4) is 0 Å². The van der Waals surface area contributed by atoms with Crippen LogP contribution in [0.3, 0.4) is 0 Å². The first kappa shape index (κ1) is 9.29. The van der Waals surface area contributed by atoms with Gasteiger partial charge in [-0.2, -0.15) is 0 Å². The standard InChI is InChI=1S/C9H15NO2/c1-10(5-3-6-11)8-9-4-2-7-12-9/h2,4,7,11H,3,5-6,8H2,1H3. The van der Waals surface area contributed by atoms with Crippen LogP contribution in [0, 0.1) is 0 Å². The Bertz CT molecular complexity index is 196. The van der Waals surface area contributed by atoms with Gasteiger partial charge < -0.3 is 9.52 Å². The highest BCUT2D eigenvalue weighted by molar-refractivity contribution is 4.97. The highest BCUT2D eigenvalue weighted by atomic mass is 16.3. The Morgan fingerprint density at radius 1 is 1.58 bits per heavy atom. The van der Waals surface area contributed by atoms with E-state index in [0.717, 1.165) is 25.3 Å². The minimum atomic E-state index is 0.252. The summed E-state index contributed by atoms with van der Waals surface area (Å²) in [6, 6.07) is 3.84. The third-order valence-electron chi connectivity index (χ3n) is 1.70. The van der Waals surface area contributed by atoms with Crippen molar-refractivity contribution >= 4 is 0 Å². The van der Waals surface area contributed by atoms with Gasteiger partial charge in [-0.15, -0.1) is 0 Å². The van der Waals surface area contributed by atoms with Gasteiger partial charge in [-0.05, 0) is 25.6 Å². The van der Waals surface area contributed by atoms with Crippen LogP contribution in [0.5, 0.6) is 0 Å². The van der Waals surface area contributed by atoms with Crippen LogP contribution in [0.1, 0.15) is 12.2 Å². The van der Waals surface area contributed by atoms with Gasteiger partial charge >= 0.3 is 0 Å². The summed E-state index contributed by atoms with van der Waals surface area (Å²) < 4.78 is 5.18. The molecular weight excluding hydrogens is 154 g/mol. The van der Waals surface area contributed by atoms with E-state index in [0.29, 0.717) is 0 Å². The Balaban J connectivity index is 2.22. The quantitative estimate of drug-likeness (QED) is 0.717. The van der Waals surface area contributed by atoms with Gasteiger partial charge in [-0.1, -0.05) is 0 Å². The maximum Gasteiger partial charge on any atom is 0.117 e. The normalized spacial score (nSPS) is 10.9. The molecular formula is C9H15NO2. The predicted octanol–water partition coefficient (Wildman–Crippen LogP) is 1.09. The third kappa shape index (κ3) is 3.07. The number of nitrogens with zero attached hydrogens (tertiary/aromatic N) is 1. The minimum absolute atomic E-state index is 0.252. The van der Waals surface area contributed by atoms with Crippen molar-refractivity contribution in [2.45, 2.75) is 13.0 Å². The lowest BCUT2D eigenvalue weighted by molar-refractivity contribution is 0.235. The Labute approximate surface area is 72.6 Å². The van der Waals surface area contributed by atoms with Gasteiger partial charge in [-0.3, -0.25) is 4.90 Å². The summed E-state index contributed by atoms with van der Waals surface area (Å²) in [5.41, 5.74) is 0. The van der Waals surface area contributed by atoms with E-state index in [1.165, 1.54) is 0 Å². The van der Waals surface area contributed by atoms with Crippen molar-refractivity contribution in [3.05, 3.63) is 24.2 Å². The lowest BCUT2D eigenvalue weighted by atomic mass is 10.3. The molecule has 0 aliphatic carbocycles. The Hall–Kier alpha value is -0.800. The second-order valence-electron chi connectivity index (χ2n) is 2.89. The van der Waals surface area contributed by atoms with Gasteiger partial charge in [0.1, 0.15) is 5.76 Å². The molecule has 0 amide bonds. The molecule has 0 bridgehead atoms. The SMILES string of the molecule is CN(CCCO)Cc1ccco1. The summed E-state index contributed by atoms with van der Waals surface area (Å²) in [7, 11) is 2.01. The van der Waals surface area contributed by atoms with E-state index in [1.54, 1.807) is 6.26 Å². The summed E-state index contributed by atoms with van der Waals surface area (Å²) in [4.78, 5) is 2.12. The average molecular weight is 169 g/mol.